The molecule has 4 N–H and O–H groups in total. The predicted molar refractivity (Wildman–Crippen MR) is 126 cm³/mol. The Morgan fingerprint density at radius 2 is 2.03 bits per heavy atom. The van der Waals surface area contributed by atoms with Crippen molar-refractivity contribution in [1.82, 2.24) is 25.0 Å². The minimum Gasteiger partial charge on any atom is -0.507 e. The van der Waals surface area contributed by atoms with E-state index in [1.807, 2.05) is 44.0 Å². The Balaban J connectivity index is 1.77. The Hall–Kier alpha value is -3.79. The van der Waals surface area contributed by atoms with E-state index in [-0.39, 0.29) is 23.1 Å². The van der Waals surface area contributed by atoms with Gasteiger partial charge in [-0.1, -0.05) is 31.5 Å². The van der Waals surface area contributed by atoms with Gasteiger partial charge in [-0.3, -0.25) is 15.0 Å². The van der Waals surface area contributed by atoms with Crippen LogP contribution >= 0.6 is 11.6 Å². The van der Waals surface area contributed by atoms with Crippen LogP contribution in [0.25, 0.3) is 28.0 Å². The molecule has 0 spiro atoms. The number of aromatic nitrogens is 5. The third-order valence-corrected chi connectivity index (χ3v) is 6.39. The first-order valence-corrected chi connectivity index (χ1v) is 10.9. The van der Waals surface area contributed by atoms with Crippen LogP contribution in [0.4, 0.5) is 16.4 Å². The van der Waals surface area contributed by atoms with Crippen LogP contribution in [0.5, 0.6) is 5.75 Å². The summed E-state index contributed by atoms with van der Waals surface area (Å²) in [6, 6.07) is 9.04. The molecule has 1 aliphatic heterocycles. The number of nitrogens with zero attached hydrogens (tertiary/aromatic N) is 5. The summed E-state index contributed by atoms with van der Waals surface area (Å²) >= 11 is 6.49. The quantitative estimate of drug-likeness (QED) is 0.260. The first-order chi connectivity index (χ1) is 15.8. The van der Waals surface area contributed by atoms with E-state index >= 15 is 0 Å². The average Bonchev–Trinajstić information content (AvgIpc) is 3.43. The number of phenols is 1. The number of halogens is 1. The molecular weight excluding hydrogens is 446 g/mol. The number of nitrogens with one attached hydrogen (secondary N) is 2. The summed E-state index contributed by atoms with van der Waals surface area (Å²) in [6.45, 7) is 4.09. The van der Waals surface area contributed by atoms with Crippen molar-refractivity contribution >= 4 is 40.2 Å². The Labute approximate surface area is 193 Å². The molecule has 170 valence electrons. The van der Waals surface area contributed by atoms with E-state index in [1.54, 1.807) is 16.7 Å². The molecule has 0 saturated carbocycles. The smallest absolute Gasteiger partial charge is 0.411 e. The number of fused-ring (bicyclic) bond motifs is 2. The fourth-order valence-corrected chi connectivity index (χ4v) is 4.58. The number of alkyl halides is 1. The molecule has 1 atom stereocenters. The number of anilines is 2. The molecule has 2 aromatic carbocycles. The topological polar surface area (TPSA) is 132 Å². The van der Waals surface area contributed by atoms with E-state index in [0.717, 1.165) is 22.3 Å². The van der Waals surface area contributed by atoms with E-state index in [4.69, 9.17) is 11.6 Å². The van der Waals surface area contributed by atoms with Gasteiger partial charge in [0, 0.05) is 41.9 Å². The third kappa shape index (κ3) is 3.34. The fraction of sp³-hybridized carbons (Fsp3) is 0.273. The van der Waals surface area contributed by atoms with Crippen molar-refractivity contribution in [1.29, 1.82) is 0 Å². The lowest BCUT2D eigenvalue weighted by Crippen LogP contribution is -2.21. The monoisotopic (exact) mass is 467 g/mol. The molecule has 11 heteroatoms. The molecule has 1 unspecified atom stereocenters. The highest BCUT2D eigenvalue weighted by atomic mass is 35.5. The number of aromatic hydroxyl groups is 1. The average molecular weight is 468 g/mol. The van der Waals surface area contributed by atoms with Gasteiger partial charge in [-0.25, -0.2) is 4.79 Å². The number of benzene rings is 2. The first-order valence-electron chi connectivity index (χ1n) is 10.4. The molecule has 33 heavy (non-hydrogen) atoms. The molecule has 0 bridgehead atoms. The van der Waals surface area contributed by atoms with Crippen molar-refractivity contribution in [3.63, 3.8) is 0 Å². The van der Waals surface area contributed by atoms with Crippen molar-refractivity contribution in [2.75, 3.05) is 17.3 Å². The summed E-state index contributed by atoms with van der Waals surface area (Å²) in [4.78, 5) is 13.4. The Morgan fingerprint density at radius 1 is 1.27 bits per heavy atom. The summed E-state index contributed by atoms with van der Waals surface area (Å²) in [7, 11) is 1.91. The van der Waals surface area contributed by atoms with Crippen molar-refractivity contribution in [2.45, 2.75) is 31.7 Å². The highest BCUT2D eigenvalue weighted by molar-refractivity contribution is 6.22. The van der Waals surface area contributed by atoms with Gasteiger partial charge in [-0.05, 0) is 24.1 Å². The number of likely N-dealkylation sites (N-methyl/N-ethyl adjacent to an activating group) is 1. The van der Waals surface area contributed by atoms with Crippen LogP contribution in [-0.2, 0) is 6.42 Å². The zero-order valence-electron chi connectivity index (χ0n) is 18.2. The Bertz CT molecular complexity index is 1390. The number of amides is 1. The van der Waals surface area contributed by atoms with E-state index < -0.39 is 6.09 Å². The van der Waals surface area contributed by atoms with Gasteiger partial charge in [-0.2, -0.15) is 5.10 Å². The molecule has 2 aromatic heterocycles. The van der Waals surface area contributed by atoms with Crippen LogP contribution in [0.2, 0.25) is 0 Å². The molecule has 0 fully saturated rings. The van der Waals surface area contributed by atoms with Gasteiger partial charge in [0.05, 0.1) is 16.8 Å². The minimum atomic E-state index is -1.27. The number of H-pyrrole nitrogens is 1. The predicted octanol–water partition coefficient (Wildman–Crippen LogP) is 4.29. The number of aromatic amines is 1. The molecule has 4 aromatic rings. The zero-order valence-corrected chi connectivity index (χ0v) is 18.9. The van der Waals surface area contributed by atoms with E-state index in [2.05, 4.69) is 25.7 Å². The summed E-state index contributed by atoms with van der Waals surface area (Å²) in [6.07, 6.45) is -0.718. The maximum Gasteiger partial charge on any atom is 0.411 e. The van der Waals surface area contributed by atoms with Crippen LogP contribution in [-0.4, -0.2) is 53.8 Å². The second-order valence-corrected chi connectivity index (χ2v) is 8.82. The maximum absolute atomic E-state index is 11.5. The molecule has 0 radical (unpaired) electrons. The summed E-state index contributed by atoms with van der Waals surface area (Å²) in [5.41, 5.74) is 4.27. The second kappa shape index (κ2) is 7.66. The first kappa shape index (κ1) is 21.1. The van der Waals surface area contributed by atoms with Crippen LogP contribution < -0.4 is 10.2 Å². The highest BCUT2D eigenvalue weighted by Crippen LogP contribution is 2.41. The summed E-state index contributed by atoms with van der Waals surface area (Å²) < 4.78 is 1.60. The molecule has 0 aliphatic carbocycles. The van der Waals surface area contributed by atoms with Crippen molar-refractivity contribution in [3.8, 4) is 22.8 Å². The number of hydrogen-bond acceptors (Lipinski definition) is 6. The normalized spacial score (nSPS) is 15.4. The van der Waals surface area contributed by atoms with Crippen LogP contribution in [0.3, 0.4) is 0 Å². The van der Waals surface area contributed by atoms with Gasteiger partial charge >= 0.3 is 6.09 Å². The van der Waals surface area contributed by atoms with Gasteiger partial charge < -0.3 is 15.1 Å². The van der Waals surface area contributed by atoms with Crippen molar-refractivity contribution in [3.05, 3.63) is 41.6 Å². The van der Waals surface area contributed by atoms with Gasteiger partial charge in [0.2, 0.25) is 5.95 Å². The molecular formula is C22H22ClN7O3. The SMILES string of the molecule is CC(C)c1[nH]nc2cc(O)c(-c3nnc(NC(=O)O)n3-c3cccc4c3CC(Cl)N4C)cc12. The lowest BCUT2D eigenvalue weighted by atomic mass is 10.0. The molecule has 1 amide bonds. The van der Waals surface area contributed by atoms with E-state index in [9.17, 15) is 15.0 Å². The lowest BCUT2D eigenvalue weighted by Gasteiger charge is -2.17. The maximum atomic E-state index is 11.5. The Morgan fingerprint density at radius 3 is 2.76 bits per heavy atom. The summed E-state index contributed by atoms with van der Waals surface area (Å²) in [5.74, 6) is 0.452. The van der Waals surface area contributed by atoms with Gasteiger partial charge in [-0.15, -0.1) is 10.2 Å². The number of phenolic OH excluding ortho intramolecular Hbond substituents is 1. The van der Waals surface area contributed by atoms with Crippen LogP contribution in [0, 0.1) is 0 Å². The molecule has 10 nitrogen and oxygen atoms in total. The zero-order chi connectivity index (χ0) is 23.4. The standard InChI is InChI=1S/C22H22ClN7O3/c1-10(2)19-11-7-13(17(31)9-14(11)25-26-19)20-27-28-21(24-22(32)33)30(20)16-6-4-5-15-12(16)8-18(23)29(15)3/h4-7,9-10,18,31H,8H2,1-3H3,(H,24,28)(H,25,26)(H,32,33). The number of carbonyl (C=O) groups is 1. The van der Waals surface area contributed by atoms with Gasteiger partial charge in [0.25, 0.3) is 0 Å². The largest absolute Gasteiger partial charge is 0.507 e. The second-order valence-electron chi connectivity index (χ2n) is 8.32. The van der Waals surface area contributed by atoms with Crippen LogP contribution in [0.1, 0.15) is 31.0 Å². The number of rotatable bonds is 4. The van der Waals surface area contributed by atoms with Crippen molar-refractivity contribution in [2.24, 2.45) is 0 Å². The molecule has 0 saturated heterocycles. The molecule has 5 rings (SSSR count). The fourth-order valence-electron chi connectivity index (χ4n) is 4.32. The van der Waals surface area contributed by atoms with E-state index in [0.29, 0.717) is 29.0 Å². The van der Waals surface area contributed by atoms with Gasteiger partial charge in [0.1, 0.15) is 11.3 Å². The Kier molecular flexibility index (Phi) is 4.89. The lowest BCUT2D eigenvalue weighted by molar-refractivity contribution is 0.209. The molecule has 1 aliphatic rings. The molecule has 3 heterocycles. The van der Waals surface area contributed by atoms with Gasteiger partial charge in [0.15, 0.2) is 5.82 Å². The summed E-state index contributed by atoms with van der Waals surface area (Å²) in [5, 5.41) is 39.0. The third-order valence-electron chi connectivity index (χ3n) is 5.94. The van der Waals surface area contributed by atoms with E-state index in [1.165, 1.54) is 0 Å². The highest BCUT2D eigenvalue weighted by Gasteiger charge is 2.30. The number of hydrogen-bond donors (Lipinski definition) is 4. The van der Waals surface area contributed by atoms with Crippen LogP contribution in [0.15, 0.2) is 30.3 Å². The number of carboxylic acid groups (broad SMARTS) is 1. The minimum absolute atomic E-state index is 0.0161. The van der Waals surface area contributed by atoms with Crippen molar-refractivity contribution < 1.29 is 15.0 Å².